The summed E-state index contributed by atoms with van der Waals surface area (Å²) in [7, 11) is 1.22. The van der Waals surface area contributed by atoms with E-state index >= 15 is 0 Å². The van der Waals surface area contributed by atoms with Gasteiger partial charge in [-0.15, -0.1) is 0 Å². The highest BCUT2D eigenvalue weighted by Crippen LogP contribution is 2.31. The van der Waals surface area contributed by atoms with Gasteiger partial charge in [-0.1, -0.05) is 18.2 Å². The maximum absolute atomic E-state index is 11.6. The first kappa shape index (κ1) is 11.1. The molecule has 0 saturated heterocycles. The molecule has 2 unspecified atom stereocenters. The van der Waals surface area contributed by atoms with Crippen LogP contribution in [-0.4, -0.2) is 19.0 Å². The molecule has 2 rings (SSSR count). The Labute approximate surface area is 98.0 Å². The molecule has 0 saturated carbocycles. The van der Waals surface area contributed by atoms with Crippen molar-refractivity contribution in [3.8, 4) is 6.07 Å². The van der Waals surface area contributed by atoms with Crippen LogP contribution >= 0.6 is 0 Å². The van der Waals surface area contributed by atoms with Gasteiger partial charge in [0, 0.05) is 5.56 Å². The number of amides is 1. The van der Waals surface area contributed by atoms with Crippen LogP contribution in [0.25, 0.3) is 0 Å². The first-order chi connectivity index (χ1) is 8.19. The summed E-state index contributed by atoms with van der Waals surface area (Å²) < 4.78 is 4.55. The van der Waals surface area contributed by atoms with E-state index in [2.05, 4.69) is 10.1 Å². The number of esters is 1. The third kappa shape index (κ3) is 1.74. The molecule has 1 aliphatic heterocycles. The van der Waals surface area contributed by atoms with Crippen LogP contribution in [0.2, 0.25) is 0 Å². The lowest BCUT2D eigenvalue weighted by Gasteiger charge is -2.15. The first-order valence-electron chi connectivity index (χ1n) is 5.06. The summed E-state index contributed by atoms with van der Waals surface area (Å²) in [6, 6.07) is 8.13. The molecule has 0 aromatic heterocycles. The summed E-state index contributed by atoms with van der Waals surface area (Å²) in [5.41, 5.74) is 1.16. The lowest BCUT2D eigenvalue weighted by atomic mass is 9.94. The van der Waals surface area contributed by atoms with Gasteiger partial charge in [-0.2, -0.15) is 5.26 Å². The van der Waals surface area contributed by atoms with E-state index in [1.54, 1.807) is 24.3 Å². The molecule has 1 aliphatic rings. The van der Waals surface area contributed by atoms with Crippen LogP contribution in [0.15, 0.2) is 24.3 Å². The Balaban J connectivity index is 2.40. The molecule has 1 aromatic rings. The van der Waals surface area contributed by atoms with Crippen molar-refractivity contribution in [3.63, 3.8) is 0 Å². The number of ether oxygens (including phenoxy) is 1. The smallest absolute Gasteiger partial charge is 0.325 e. The van der Waals surface area contributed by atoms with Gasteiger partial charge in [-0.05, 0) is 11.6 Å². The van der Waals surface area contributed by atoms with E-state index in [1.807, 2.05) is 6.07 Å². The second-order valence-corrected chi connectivity index (χ2v) is 3.67. The highest BCUT2D eigenvalue weighted by molar-refractivity contribution is 6.00. The van der Waals surface area contributed by atoms with E-state index < -0.39 is 17.9 Å². The Bertz CT molecular complexity index is 519. The van der Waals surface area contributed by atoms with Gasteiger partial charge < -0.3 is 10.1 Å². The van der Waals surface area contributed by atoms with E-state index in [0.29, 0.717) is 11.1 Å². The molecule has 0 aliphatic carbocycles. The van der Waals surface area contributed by atoms with Gasteiger partial charge in [0.1, 0.15) is 0 Å². The minimum atomic E-state index is -1.02. The molecule has 0 bridgehead atoms. The minimum absolute atomic E-state index is 0.269. The zero-order valence-electron chi connectivity index (χ0n) is 9.14. The maximum Gasteiger partial charge on any atom is 0.325 e. The zero-order valence-corrected chi connectivity index (χ0v) is 9.14. The quantitative estimate of drug-likeness (QED) is 0.761. The van der Waals surface area contributed by atoms with Gasteiger partial charge in [-0.25, -0.2) is 0 Å². The van der Waals surface area contributed by atoms with Gasteiger partial charge in [0.25, 0.3) is 5.91 Å². The topological polar surface area (TPSA) is 79.2 Å². The number of nitrogens with one attached hydrogen (secondary N) is 1. The SMILES string of the molecule is COC(=O)C(C#N)C1NC(=O)c2ccccc21. The van der Waals surface area contributed by atoms with Crippen LogP contribution in [0.3, 0.4) is 0 Å². The van der Waals surface area contributed by atoms with Crippen molar-refractivity contribution in [2.24, 2.45) is 5.92 Å². The summed E-state index contributed by atoms with van der Waals surface area (Å²) in [4.78, 5) is 23.1. The van der Waals surface area contributed by atoms with Crippen molar-refractivity contribution in [2.75, 3.05) is 7.11 Å². The van der Waals surface area contributed by atoms with E-state index in [4.69, 9.17) is 5.26 Å². The number of hydrogen-bond acceptors (Lipinski definition) is 4. The Morgan fingerprint density at radius 3 is 2.88 bits per heavy atom. The van der Waals surface area contributed by atoms with Crippen molar-refractivity contribution in [2.45, 2.75) is 6.04 Å². The number of carbonyl (C=O) groups is 2. The van der Waals surface area contributed by atoms with Gasteiger partial charge in [-0.3, -0.25) is 9.59 Å². The van der Waals surface area contributed by atoms with E-state index in [-0.39, 0.29) is 5.91 Å². The molecule has 5 heteroatoms. The van der Waals surface area contributed by atoms with Crippen LogP contribution in [0.1, 0.15) is 22.0 Å². The standard InChI is InChI=1S/C12H10N2O3/c1-17-12(16)9(6-13)10-7-4-2-3-5-8(7)11(15)14-10/h2-5,9-10H,1H3,(H,14,15). The number of hydrogen-bond donors (Lipinski definition) is 1. The van der Waals surface area contributed by atoms with Crippen molar-refractivity contribution >= 4 is 11.9 Å². The van der Waals surface area contributed by atoms with Crippen LogP contribution < -0.4 is 5.32 Å². The predicted octanol–water partition coefficient (Wildman–Crippen LogP) is 0.784. The average molecular weight is 230 g/mol. The van der Waals surface area contributed by atoms with Gasteiger partial charge in [0.15, 0.2) is 5.92 Å². The Morgan fingerprint density at radius 2 is 2.24 bits per heavy atom. The third-order valence-corrected chi connectivity index (χ3v) is 2.75. The number of methoxy groups -OCH3 is 1. The summed E-state index contributed by atoms with van der Waals surface area (Å²) in [5.74, 6) is -1.93. The number of carbonyl (C=O) groups excluding carboxylic acids is 2. The van der Waals surface area contributed by atoms with Gasteiger partial charge in [0.05, 0.1) is 19.2 Å². The minimum Gasteiger partial charge on any atom is -0.468 e. The molecular formula is C12H10N2O3. The summed E-state index contributed by atoms with van der Waals surface area (Å²) in [6.07, 6.45) is 0. The molecule has 1 aromatic carbocycles. The first-order valence-corrected chi connectivity index (χ1v) is 5.06. The normalized spacial score (nSPS) is 18.8. The fraction of sp³-hybridized carbons (Fsp3) is 0.250. The third-order valence-electron chi connectivity index (χ3n) is 2.75. The van der Waals surface area contributed by atoms with E-state index in [9.17, 15) is 9.59 Å². The predicted molar refractivity (Wildman–Crippen MR) is 57.8 cm³/mol. The molecule has 0 fully saturated rings. The van der Waals surface area contributed by atoms with E-state index in [1.165, 1.54) is 7.11 Å². The summed E-state index contributed by atoms with van der Waals surface area (Å²) in [5, 5.41) is 11.6. The highest BCUT2D eigenvalue weighted by atomic mass is 16.5. The molecule has 0 radical (unpaired) electrons. The number of nitrogens with zero attached hydrogens (tertiary/aromatic N) is 1. The molecule has 5 nitrogen and oxygen atoms in total. The lowest BCUT2D eigenvalue weighted by molar-refractivity contribution is -0.144. The molecule has 2 atom stereocenters. The van der Waals surface area contributed by atoms with Crippen LogP contribution in [0.4, 0.5) is 0 Å². The van der Waals surface area contributed by atoms with Crippen molar-refractivity contribution in [3.05, 3.63) is 35.4 Å². The summed E-state index contributed by atoms with van der Waals surface area (Å²) in [6.45, 7) is 0. The van der Waals surface area contributed by atoms with Crippen molar-refractivity contribution in [1.82, 2.24) is 5.32 Å². The van der Waals surface area contributed by atoms with E-state index in [0.717, 1.165) is 0 Å². The van der Waals surface area contributed by atoms with Crippen LogP contribution in [0, 0.1) is 17.2 Å². The van der Waals surface area contributed by atoms with Crippen LogP contribution in [-0.2, 0) is 9.53 Å². The average Bonchev–Trinajstić information content (AvgIpc) is 2.68. The molecule has 86 valence electrons. The Morgan fingerprint density at radius 1 is 1.53 bits per heavy atom. The lowest BCUT2D eigenvalue weighted by Crippen LogP contribution is -2.30. The fourth-order valence-corrected chi connectivity index (χ4v) is 1.92. The fourth-order valence-electron chi connectivity index (χ4n) is 1.92. The maximum atomic E-state index is 11.6. The van der Waals surface area contributed by atoms with Crippen LogP contribution in [0.5, 0.6) is 0 Å². The number of nitriles is 1. The molecular weight excluding hydrogens is 220 g/mol. The largest absolute Gasteiger partial charge is 0.468 e. The second kappa shape index (κ2) is 4.26. The number of benzene rings is 1. The summed E-state index contributed by atoms with van der Waals surface area (Å²) >= 11 is 0. The molecule has 0 spiro atoms. The molecule has 1 amide bonds. The van der Waals surface area contributed by atoms with Gasteiger partial charge in [0.2, 0.25) is 0 Å². The second-order valence-electron chi connectivity index (χ2n) is 3.67. The molecule has 17 heavy (non-hydrogen) atoms. The van der Waals surface area contributed by atoms with Crippen molar-refractivity contribution in [1.29, 1.82) is 5.26 Å². The number of fused-ring (bicyclic) bond motifs is 1. The monoisotopic (exact) mass is 230 g/mol. The zero-order chi connectivity index (χ0) is 12.4. The Hall–Kier alpha value is -2.35. The van der Waals surface area contributed by atoms with Crippen molar-refractivity contribution < 1.29 is 14.3 Å². The molecule has 1 N–H and O–H groups in total. The Kier molecular flexibility index (Phi) is 2.79. The molecule has 1 heterocycles. The van der Waals surface area contributed by atoms with Gasteiger partial charge >= 0.3 is 5.97 Å². The highest BCUT2D eigenvalue weighted by Gasteiger charge is 2.38. The number of rotatable bonds is 2.